The van der Waals surface area contributed by atoms with Gasteiger partial charge in [-0.05, 0) is 12.1 Å². The fourth-order valence-electron chi connectivity index (χ4n) is 2.12. The first-order valence-corrected chi connectivity index (χ1v) is 7.02. The number of carboxylic acids is 1. The second kappa shape index (κ2) is 7.15. The van der Waals surface area contributed by atoms with Crippen molar-refractivity contribution in [2.45, 2.75) is 6.54 Å². The predicted octanol–water partition coefficient (Wildman–Crippen LogP) is 1.78. The number of aromatic nitrogens is 1. The summed E-state index contributed by atoms with van der Waals surface area (Å²) in [4.78, 5) is 23.1. The summed E-state index contributed by atoms with van der Waals surface area (Å²) in [6, 6.07) is 6.24. The zero-order chi connectivity index (χ0) is 17.0. The molecule has 0 aliphatic carbocycles. The van der Waals surface area contributed by atoms with E-state index in [1.54, 1.807) is 25.3 Å². The van der Waals surface area contributed by atoms with Crippen LogP contribution in [-0.2, 0) is 6.54 Å². The summed E-state index contributed by atoms with van der Waals surface area (Å²) >= 11 is 0. The van der Waals surface area contributed by atoms with Gasteiger partial charge in [0.05, 0.1) is 36.4 Å². The third kappa shape index (κ3) is 3.63. The molecule has 0 spiro atoms. The fraction of sp³-hybridized carbons (Fsp3) is 0.200. The van der Waals surface area contributed by atoms with E-state index in [0.29, 0.717) is 11.5 Å². The van der Waals surface area contributed by atoms with E-state index in [4.69, 9.17) is 14.0 Å². The zero-order valence-electron chi connectivity index (χ0n) is 12.6. The van der Waals surface area contributed by atoms with Gasteiger partial charge in [-0.3, -0.25) is 4.79 Å². The molecule has 0 aliphatic heterocycles. The molecule has 122 valence electrons. The maximum Gasteiger partial charge on any atom is 0.352 e. The first kappa shape index (κ1) is 16.8. The van der Waals surface area contributed by atoms with Crippen LogP contribution in [0.15, 0.2) is 35.3 Å². The summed E-state index contributed by atoms with van der Waals surface area (Å²) in [6.45, 7) is 0.191. The first-order valence-electron chi connectivity index (χ1n) is 6.55. The highest BCUT2D eigenvalue weighted by molar-refractivity contribution is 7.10. The average molecular weight is 337 g/mol. The molecule has 1 heterocycles. The maximum atomic E-state index is 11.7. The van der Waals surface area contributed by atoms with Gasteiger partial charge in [-0.2, -0.15) is 0 Å². The van der Waals surface area contributed by atoms with Gasteiger partial charge in [-0.15, -0.1) is 0 Å². The van der Waals surface area contributed by atoms with Gasteiger partial charge < -0.3 is 23.7 Å². The molecule has 0 amide bonds. The SMILES string of the molecule is COc1ccc(Cn2cc(OP)c(=O)cc2C(=O)O)c(OC)c1. The van der Waals surface area contributed by atoms with E-state index >= 15 is 0 Å². The molecule has 2 rings (SSSR count). The number of carboxylic acid groups (broad SMARTS) is 1. The Hall–Kier alpha value is -2.53. The molecule has 0 saturated heterocycles. The summed E-state index contributed by atoms with van der Waals surface area (Å²) in [5.41, 5.74) is 0.0863. The molecule has 1 unspecified atom stereocenters. The maximum absolute atomic E-state index is 11.7. The highest BCUT2D eigenvalue weighted by Crippen LogP contribution is 2.26. The van der Waals surface area contributed by atoms with Crippen LogP contribution in [0.25, 0.3) is 0 Å². The van der Waals surface area contributed by atoms with Crippen molar-refractivity contribution in [3.8, 4) is 17.2 Å². The molecule has 23 heavy (non-hydrogen) atoms. The average Bonchev–Trinajstić information content (AvgIpc) is 2.56. The third-order valence-corrected chi connectivity index (χ3v) is 3.53. The fourth-order valence-corrected chi connectivity index (χ4v) is 2.30. The van der Waals surface area contributed by atoms with Crippen molar-refractivity contribution >= 4 is 15.4 Å². The van der Waals surface area contributed by atoms with Crippen LogP contribution in [0.1, 0.15) is 16.1 Å². The number of hydrogen-bond acceptors (Lipinski definition) is 5. The van der Waals surface area contributed by atoms with Crippen LogP contribution in [0, 0.1) is 0 Å². The molecular weight excluding hydrogens is 321 g/mol. The standard InChI is InChI=1S/C15H16NO6P/c1-20-10-4-3-9(13(5-10)21-2)7-16-8-14(22-23)12(17)6-11(16)15(18)19/h3-6,8H,7,23H2,1-2H3,(H,18,19). The van der Waals surface area contributed by atoms with Crippen LogP contribution in [0.3, 0.4) is 0 Å². The van der Waals surface area contributed by atoms with E-state index in [1.165, 1.54) is 17.9 Å². The number of benzene rings is 1. The van der Waals surface area contributed by atoms with Gasteiger partial charge in [0, 0.05) is 17.7 Å². The van der Waals surface area contributed by atoms with Crippen LogP contribution in [-0.4, -0.2) is 29.9 Å². The van der Waals surface area contributed by atoms with Crippen molar-refractivity contribution in [3.05, 3.63) is 51.9 Å². The molecule has 0 fully saturated rings. The number of rotatable bonds is 6. The van der Waals surface area contributed by atoms with E-state index in [2.05, 4.69) is 0 Å². The van der Waals surface area contributed by atoms with Crippen LogP contribution in [0.2, 0.25) is 0 Å². The van der Waals surface area contributed by atoms with E-state index in [0.717, 1.165) is 11.6 Å². The lowest BCUT2D eigenvalue weighted by atomic mass is 10.1. The van der Waals surface area contributed by atoms with Crippen molar-refractivity contribution < 1.29 is 23.9 Å². The van der Waals surface area contributed by atoms with Crippen molar-refractivity contribution in [1.29, 1.82) is 0 Å². The Morgan fingerprint density at radius 3 is 2.52 bits per heavy atom. The highest BCUT2D eigenvalue weighted by atomic mass is 31.0. The molecule has 1 aromatic carbocycles. The Labute approximate surface area is 134 Å². The Morgan fingerprint density at radius 2 is 1.96 bits per heavy atom. The van der Waals surface area contributed by atoms with Crippen molar-refractivity contribution in [3.63, 3.8) is 0 Å². The number of ether oxygens (including phenoxy) is 2. The monoisotopic (exact) mass is 337 g/mol. The molecule has 7 nitrogen and oxygen atoms in total. The first-order chi connectivity index (χ1) is 11.0. The zero-order valence-corrected chi connectivity index (χ0v) is 13.8. The molecule has 8 heteroatoms. The lowest BCUT2D eigenvalue weighted by Crippen LogP contribution is -2.18. The van der Waals surface area contributed by atoms with Crippen molar-refractivity contribution in [2.24, 2.45) is 0 Å². The van der Waals surface area contributed by atoms with Gasteiger partial charge in [0.25, 0.3) is 0 Å². The van der Waals surface area contributed by atoms with E-state index in [-0.39, 0.29) is 18.0 Å². The van der Waals surface area contributed by atoms with Gasteiger partial charge in [0.1, 0.15) is 17.2 Å². The summed E-state index contributed by atoms with van der Waals surface area (Å²) < 4.78 is 16.7. The minimum absolute atomic E-state index is 0.0347. The molecule has 0 bridgehead atoms. The quantitative estimate of drug-likeness (QED) is 0.809. The van der Waals surface area contributed by atoms with Gasteiger partial charge in [-0.25, -0.2) is 4.79 Å². The smallest absolute Gasteiger partial charge is 0.352 e. The van der Waals surface area contributed by atoms with Crippen LogP contribution < -0.4 is 19.4 Å². The Balaban J connectivity index is 2.51. The molecule has 1 aromatic heterocycles. The number of methoxy groups -OCH3 is 2. The van der Waals surface area contributed by atoms with Crippen molar-refractivity contribution in [1.82, 2.24) is 4.57 Å². The number of carbonyl (C=O) groups is 1. The molecule has 1 N–H and O–H groups in total. The molecular formula is C15H16NO6P. The van der Waals surface area contributed by atoms with Crippen molar-refractivity contribution in [2.75, 3.05) is 14.2 Å². The summed E-state index contributed by atoms with van der Waals surface area (Å²) in [6.07, 6.45) is 1.35. The lowest BCUT2D eigenvalue weighted by molar-refractivity contribution is 0.0684. The topological polar surface area (TPSA) is 87.0 Å². The number of hydrogen-bond donors (Lipinski definition) is 1. The molecule has 1 atom stereocenters. The Kier molecular flexibility index (Phi) is 5.24. The van der Waals surface area contributed by atoms with E-state index in [9.17, 15) is 14.7 Å². The normalized spacial score (nSPS) is 10.2. The Morgan fingerprint density at radius 1 is 1.22 bits per heavy atom. The highest BCUT2D eigenvalue weighted by Gasteiger charge is 2.15. The molecule has 0 aliphatic rings. The number of aromatic carboxylic acids is 1. The summed E-state index contributed by atoms with van der Waals surface area (Å²) in [5, 5.41) is 9.28. The van der Waals surface area contributed by atoms with Gasteiger partial charge in [-0.1, -0.05) is 0 Å². The van der Waals surface area contributed by atoms with Crippen LogP contribution >= 0.6 is 9.47 Å². The summed E-state index contributed by atoms with van der Waals surface area (Å²) in [5.74, 6) is 0.00281. The molecule has 0 saturated carbocycles. The van der Waals surface area contributed by atoms with Gasteiger partial charge in [0.15, 0.2) is 5.75 Å². The Bertz CT molecular complexity index is 786. The second-order valence-electron chi connectivity index (χ2n) is 4.62. The van der Waals surface area contributed by atoms with E-state index < -0.39 is 11.4 Å². The number of nitrogens with zero attached hydrogens (tertiary/aromatic N) is 1. The second-order valence-corrected chi connectivity index (χ2v) is 4.85. The largest absolute Gasteiger partial charge is 0.497 e. The lowest BCUT2D eigenvalue weighted by Gasteiger charge is -2.15. The summed E-state index contributed by atoms with van der Waals surface area (Å²) in [7, 11) is 5.02. The van der Waals surface area contributed by atoms with Crippen LogP contribution in [0.5, 0.6) is 17.2 Å². The third-order valence-electron chi connectivity index (χ3n) is 3.27. The number of pyridine rings is 1. The molecule has 0 radical (unpaired) electrons. The van der Waals surface area contributed by atoms with Gasteiger partial charge >= 0.3 is 5.97 Å². The van der Waals surface area contributed by atoms with E-state index in [1.807, 2.05) is 9.47 Å². The van der Waals surface area contributed by atoms with Crippen LogP contribution in [0.4, 0.5) is 0 Å². The van der Waals surface area contributed by atoms with Gasteiger partial charge in [0.2, 0.25) is 5.43 Å². The predicted molar refractivity (Wildman–Crippen MR) is 86.6 cm³/mol. The minimum Gasteiger partial charge on any atom is -0.497 e. The minimum atomic E-state index is -1.20. The molecule has 2 aromatic rings.